The first-order chi connectivity index (χ1) is 16.2. The maximum absolute atomic E-state index is 10.1. The molecule has 0 unspecified atom stereocenters. The molecule has 0 radical (unpaired) electrons. The largest absolute Gasteiger partial charge is 0.530 e. The summed E-state index contributed by atoms with van der Waals surface area (Å²) in [5.74, 6) is 0. The second-order valence-corrected chi connectivity index (χ2v) is 9.85. The fourth-order valence-electron chi connectivity index (χ4n) is 4.17. The van der Waals surface area contributed by atoms with Gasteiger partial charge in [0.1, 0.15) is 6.09 Å². The molecule has 0 aromatic rings. The van der Waals surface area contributed by atoms with Crippen LogP contribution < -0.4 is 16.2 Å². The molecule has 0 saturated carbocycles. The lowest BCUT2D eigenvalue weighted by Gasteiger charge is -2.05. The summed E-state index contributed by atoms with van der Waals surface area (Å²) in [4.78, 5) is 10.1. The predicted octanol–water partition coefficient (Wildman–Crippen LogP) is 7.55. The summed E-state index contributed by atoms with van der Waals surface area (Å²) in [7, 11) is 0. The molecule has 200 valence electrons. The number of carboxylic acid groups (broad SMARTS) is 1. The monoisotopic (exact) mass is 470 g/mol. The first kappa shape index (κ1) is 34.4. The molecule has 33 heavy (non-hydrogen) atoms. The average molecular weight is 471 g/mol. The number of carbonyl (C=O) groups excluding carboxylic acids is 1. The minimum absolute atomic E-state index is 0.541. The van der Waals surface area contributed by atoms with Crippen molar-refractivity contribution in [3.05, 3.63) is 0 Å². The van der Waals surface area contributed by atoms with Crippen molar-refractivity contribution in [1.29, 1.82) is 0 Å². The van der Waals surface area contributed by atoms with Crippen LogP contribution in [0.1, 0.15) is 168 Å². The molecule has 0 aliphatic carbocycles. The number of rotatable bonds is 25. The van der Waals surface area contributed by atoms with Crippen molar-refractivity contribution in [2.45, 2.75) is 168 Å². The molecule has 0 bridgehead atoms. The maximum Gasteiger partial charge on any atom is 0.134 e. The van der Waals surface area contributed by atoms with Crippen LogP contribution >= 0.6 is 0 Å². The third kappa shape index (κ3) is 38.8. The van der Waals surface area contributed by atoms with Crippen molar-refractivity contribution < 1.29 is 15.6 Å². The molecule has 4 N–H and O–H groups in total. The topological polar surface area (TPSA) is 79.8 Å². The summed E-state index contributed by atoms with van der Waals surface area (Å²) in [5.41, 5.74) is 3.87. The Bertz CT molecular complexity index is 339. The number of nitrogens with one attached hydrogen (secondary N) is 1. The van der Waals surface area contributed by atoms with Crippen LogP contribution in [-0.4, -0.2) is 19.2 Å². The van der Waals surface area contributed by atoms with E-state index in [4.69, 9.17) is 0 Å². The fourth-order valence-corrected chi connectivity index (χ4v) is 4.17. The molecular weight excluding hydrogens is 408 g/mol. The highest BCUT2D eigenvalue weighted by Crippen LogP contribution is 2.12. The fraction of sp³-hybridized carbons (Fsp3) is 0.966. The first-order valence-electron chi connectivity index (χ1n) is 14.9. The molecule has 0 aromatic heterocycles. The van der Waals surface area contributed by atoms with Crippen LogP contribution in [0.15, 0.2) is 0 Å². The number of amides is 1. The van der Waals surface area contributed by atoms with Gasteiger partial charge in [-0.3, -0.25) is 0 Å². The van der Waals surface area contributed by atoms with Crippen molar-refractivity contribution in [2.24, 2.45) is 0 Å². The van der Waals surface area contributed by atoms with Gasteiger partial charge in [-0.15, -0.1) is 0 Å². The SMILES string of the molecule is CCCCCCCCCCCCCCNC(=O)[O-].CCCCCCCCCCCCCC[NH3+]. The standard InChI is InChI=1S/C15H31NO2.C14H31N/c1-2-3-4-5-6-7-8-9-10-11-12-13-14-16-15(17)18;1-2-3-4-5-6-7-8-9-10-11-12-13-14-15/h16H,2-14H2,1H3,(H,17,18);2-15H2,1H3. The summed E-state index contributed by atoms with van der Waals surface area (Å²) in [6.07, 6.45) is 31.7. The zero-order valence-corrected chi connectivity index (χ0v) is 22.9. The zero-order chi connectivity index (χ0) is 24.7. The molecule has 4 nitrogen and oxygen atoms in total. The third-order valence-electron chi connectivity index (χ3n) is 6.40. The van der Waals surface area contributed by atoms with E-state index in [1.54, 1.807) is 0 Å². The van der Waals surface area contributed by atoms with Gasteiger partial charge in [0, 0.05) is 6.54 Å². The summed E-state index contributed by atoms with van der Waals surface area (Å²) in [5, 5.41) is 12.4. The lowest BCUT2D eigenvalue weighted by atomic mass is 10.1. The Kier molecular flexibility index (Phi) is 34.8. The second-order valence-electron chi connectivity index (χ2n) is 9.85. The van der Waals surface area contributed by atoms with E-state index in [9.17, 15) is 9.90 Å². The summed E-state index contributed by atoms with van der Waals surface area (Å²) in [6, 6.07) is 0. The van der Waals surface area contributed by atoms with Crippen LogP contribution in [0.3, 0.4) is 0 Å². The highest BCUT2D eigenvalue weighted by atomic mass is 16.4. The van der Waals surface area contributed by atoms with Crippen molar-refractivity contribution in [1.82, 2.24) is 5.32 Å². The van der Waals surface area contributed by atoms with E-state index >= 15 is 0 Å². The van der Waals surface area contributed by atoms with E-state index in [1.165, 1.54) is 141 Å². The van der Waals surface area contributed by atoms with E-state index in [0.717, 1.165) is 19.4 Å². The lowest BCUT2D eigenvalue weighted by Crippen LogP contribution is -2.50. The molecule has 0 aliphatic rings. The third-order valence-corrected chi connectivity index (χ3v) is 6.40. The van der Waals surface area contributed by atoms with E-state index in [1.807, 2.05) is 0 Å². The highest BCUT2D eigenvalue weighted by molar-refractivity contribution is 5.61. The van der Waals surface area contributed by atoms with Gasteiger partial charge in [0.05, 0.1) is 6.54 Å². The van der Waals surface area contributed by atoms with E-state index < -0.39 is 6.09 Å². The van der Waals surface area contributed by atoms with Gasteiger partial charge in [0.15, 0.2) is 0 Å². The van der Waals surface area contributed by atoms with Crippen molar-refractivity contribution in [3.63, 3.8) is 0 Å². The lowest BCUT2D eigenvalue weighted by molar-refractivity contribution is -0.368. The van der Waals surface area contributed by atoms with Gasteiger partial charge >= 0.3 is 0 Å². The first-order valence-corrected chi connectivity index (χ1v) is 14.9. The Hall–Kier alpha value is -0.770. The zero-order valence-electron chi connectivity index (χ0n) is 22.9. The van der Waals surface area contributed by atoms with Gasteiger partial charge in [0.2, 0.25) is 0 Å². The number of quaternary nitrogens is 1. The van der Waals surface area contributed by atoms with Crippen LogP contribution in [0.2, 0.25) is 0 Å². The Labute approximate surface area is 208 Å². The second kappa shape index (κ2) is 33.4. The predicted molar refractivity (Wildman–Crippen MR) is 143 cm³/mol. The van der Waals surface area contributed by atoms with Crippen LogP contribution in [-0.2, 0) is 0 Å². The molecule has 1 amide bonds. The molecule has 4 heteroatoms. The van der Waals surface area contributed by atoms with Gasteiger partial charge in [-0.1, -0.05) is 149 Å². The quantitative estimate of drug-likeness (QED) is 0.135. The number of hydrogen-bond donors (Lipinski definition) is 2. The van der Waals surface area contributed by atoms with E-state index in [2.05, 4.69) is 24.9 Å². The van der Waals surface area contributed by atoms with E-state index in [-0.39, 0.29) is 0 Å². The van der Waals surface area contributed by atoms with Gasteiger partial charge < -0.3 is 21.0 Å². The van der Waals surface area contributed by atoms with Crippen molar-refractivity contribution >= 4 is 6.09 Å². The van der Waals surface area contributed by atoms with Gasteiger partial charge in [0.25, 0.3) is 0 Å². The van der Waals surface area contributed by atoms with E-state index in [0.29, 0.717) is 6.54 Å². The summed E-state index contributed by atoms with van der Waals surface area (Å²) in [6.45, 7) is 6.20. The smallest absolute Gasteiger partial charge is 0.134 e. The number of carbonyl (C=O) groups is 1. The molecule has 0 fully saturated rings. The Morgan fingerprint density at radius 3 is 1.06 bits per heavy atom. The normalized spacial score (nSPS) is 10.6. The molecule has 0 aliphatic heterocycles. The summed E-state index contributed by atoms with van der Waals surface area (Å²) >= 11 is 0. The van der Waals surface area contributed by atoms with Crippen molar-refractivity contribution in [2.75, 3.05) is 13.1 Å². The Morgan fingerprint density at radius 1 is 0.515 bits per heavy atom. The van der Waals surface area contributed by atoms with Crippen LogP contribution in [0.25, 0.3) is 0 Å². The molecule has 0 saturated heterocycles. The highest BCUT2D eigenvalue weighted by Gasteiger charge is 1.94. The average Bonchev–Trinajstić information content (AvgIpc) is 2.81. The number of hydrogen-bond acceptors (Lipinski definition) is 2. The molecule has 0 heterocycles. The molecule has 0 atom stereocenters. The summed E-state index contributed by atoms with van der Waals surface area (Å²) < 4.78 is 0. The van der Waals surface area contributed by atoms with Crippen LogP contribution in [0.4, 0.5) is 4.79 Å². The number of unbranched alkanes of at least 4 members (excludes halogenated alkanes) is 22. The molecule has 0 rings (SSSR count). The van der Waals surface area contributed by atoms with Crippen LogP contribution in [0, 0.1) is 0 Å². The minimum atomic E-state index is -1.15. The molecular formula is C29H62N2O2. The van der Waals surface area contributed by atoms with Crippen LogP contribution in [0.5, 0.6) is 0 Å². The Balaban J connectivity index is 0. The van der Waals surface area contributed by atoms with Crippen molar-refractivity contribution in [3.8, 4) is 0 Å². The minimum Gasteiger partial charge on any atom is -0.530 e. The maximum atomic E-state index is 10.1. The van der Waals surface area contributed by atoms with Gasteiger partial charge in [-0.05, 0) is 19.3 Å². The van der Waals surface area contributed by atoms with Gasteiger partial charge in [-0.25, -0.2) is 0 Å². The molecule has 0 spiro atoms. The van der Waals surface area contributed by atoms with Gasteiger partial charge in [-0.2, -0.15) is 0 Å². The molecule has 0 aromatic carbocycles. The Morgan fingerprint density at radius 2 is 0.788 bits per heavy atom.